The molecule has 0 saturated heterocycles. The number of rotatable bonds is 4. The summed E-state index contributed by atoms with van der Waals surface area (Å²) in [4.78, 5) is 0. The Labute approximate surface area is 120 Å². The maximum atomic E-state index is 12.7. The molecule has 0 aromatic heterocycles. The van der Waals surface area contributed by atoms with Crippen LogP contribution in [0, 0.1) is 0 Å². The number of alkyl halides is 3. The van der Waals surface area contributed by atoms with Crippen molar-refractivity contribution in [1.29, 1.82) is 0 Å². The van der Waals surface area contributed by atoms with Crippen molar-refractivity contribution in [1.82, 2.24) is 4.72 Å². The van der Waals surface area contributed by atoms with Gasteiger partial charge in [-0.1, -0.05) is 18.2 Å². The summed E-state index contributed by atoms with van der Waals surface area (Å²) in [5, 5.41) is 0. The van der Waals surface area contributed by atoms with Gasteiger partial charge in [0, 0.05) is 11.4 Å². The molecule has 0 aliphatic rings. The summed E-state index contributed by atoms with van der Waals surface area (Å²) < 4.78 is 52.3. The first-order valence-electron chi connectivity index (χ1n) is 6.03. The zero-order valence-electron chi connectivity index (χ0n) is 11.6. The van der Waals surface area contributed by atoms with Gasteiger partial charge in [-0.2, -0.15) is 13.2 Å². The van der Waals surface area contributed by atoms with E-state index in [1.165, 1.54) is 12.1 Å². The van der Waals surface area contributed by atoms with Crippen molar-refractivity contribution < 1.29 is 17.7 Å². The monoisotopic (exact) mass is 305 g/mol. The number of hydrogen-bond donors (Lipinski definition) is 1. The molecule has 1 aromatic carbocycles. The van der Waals surface area contributed by atoms with Gasteiger partial charge in [-0.05, 0) is 38.5 Å². The third-order valence-corrected chi connectivity index (χ3v) is 4.18. The molecule has 0 fully saturated rings. The maximum absolute atomic E-state index is 12.7. The summed E-state index contributed by atoms with van der Waals surface area (Å²) in [6, 6.07) is 4.33. The highest BCUT2D eigenvalue weighted by Crippen LogP contribution is 2.31. The predicted molar refractivity (Wildman–Crippen MR) is 75.4 cm³/mol. The molecule has 0 saturated carbocycles. The summed E-state index contributed by atoms with van der Waals surface area (Å²) in [6.07, 6.45) is -2.95. The number of hydrogen-bond acceptors (Lipinski definition) is 2. The van der Waals surface area contributed by atoms with Crippen LogP contribution in [-0.2, 0) is 17.5 Å². The lowest BCUT2D eigenvalue weighted by atomic mass is 10.0. The van der Waals surface area contributed by atoms with E-state index in [2.05, 4.69) is 11.3 Å². The lowest BCUT2D eigenvalue weighted by Gasteiger charge is -2.27. The van der Waals surface area contributed by atoms with Gasteiger partial charge in [0.05, 0.1) is 11.6 Å². The highest BCUT2D eigenvalue weighted by atomic mass is 32.2. The van der Waals surface area contributed by atoms with Gasteiger partial charge in [-0.3, -0.25) is 0 Å². The molecule has 2 nitrogen and oxygen atoms in total. The van der Waals surface area contributed by atoms with Crippen molar-refractivity contribution in [2.45, 2.75) is 37.7 Å². The van der Waals surface area contributed by atoms with Gasteiger partial charge in [0.15, 0.2) is 0 Å². The molecule has 1 aromatic rings. The SMILES string of the molecule is C=C[C@@H](N[S@@+]([O-])C(C)(C)C)c1cccc(C(F)(F)F)c1. The normalized spacial score (nSPS) is 15.8. The van der Waals surface area contributed by atoms with E-state index in [4.69, 9.17) is 0 Å². The maximum Gasteiger partial charge on any atom is 0.416 e. The zero-order valence-corrected chi connectivity index (χ0v) is 12.4. The second kappa shape index (κ2) is 6.20. The van der Waals surface area contributed by atoms with Gasteiger partial charge in [0.25, 0.3) is 0 Å². The average molecular weight is 305 g/mol. The van der Waals surface area contributed by atoms with Crippen LogP contribution in [0.2, 0.25) is 0 Å². The van der Waals surface area contributed by atoms with Crippen molar-refractivity contribution in [3.63, 3.8) is 0 Å². The number of halogens is 3. The van der Waals surface area contributed by atoms with E-state index in [0.29, 0.717) is 5.56 Å². The van der Waals surface area contributed by atoms with Crippen molar-refractivity contribution in [2.75, 3.05) is 0 Å². The van der Waals surface area contributed by atoms with Gasteiger partial charge in [-0.25, -0.2) is 0 Å². The molecule has 1 rings (SSSR count). The second-order valence-corrected chi connectivity index (χ2v) is 7.33. The largest absolute Gasteiger partial charge is 0.598 e. The van der Waals surface area contributed by atoms with Crippen LogP contribution in [0.3, 0.4) is 0 Å². The van der Waals surface area contributed by atoms with Crippen molar-refractivity contribution in [3.05, 3.63) is 48.0 Å². The minimum absolute atomic E-state index is 0.382. The Morgan fingerprint density at radius 1 is 1.30 bits per heavy atom. The van der Waals surface area contributed by atoms with E-state index in [-0.39, 0.29) is 0 Å². The minimum atomic E-state index is -4.40. The Bertz CT molecular complexity index is 468. The highest BCUT2D eigenvalue weighted by Gasteiger charge is 2.32. The van der Waals surface area contributed by atoms with E-state index < -0.39 is 33.9 Å². The van der Waals surface area contributed by atoms with Gasteiger partial charge < -0.3 is 4.55 Å². The summed E-state index contributed by atoms with van der Waals surface area (Å²) in [5.41, 5.74) is -0.349. The third kappa shape index (κ3) is 4.54. The molecule has 112 valence electrons. The van der Waals surface area contributed by atoms with Crippen LogP contribution in [0.1, 0.15) is 37.9 Å². The molecule has 0 bridgehead atoms. The van der Waals surface area contributed by atoms with Gasteiger partial charge in [-0.15, -0.1) is 11.3 Å². The molecule has 2 atom stereocenters. The molecule has 1 N–H and O–H groups in total. The molecular weight excluding hydrogens is 287 g/mol. The van der Waals surface area contributed by atoms with Crippen LogP contribution >= 0.6 is 0 Å². The molecule has 0 aliphatic heterocycles. The first-order valence-corrected chi connectivity index (χ1v) is 7.18. The van der Waals surface area contributed by atoms with Crippen LogP contribution in [0.4, 0.5) is 13.2 Å². The first-order chi connectivity index (χ1) is 9.05. The van der Waals surface area contributed by atoms with Crippen LogP contribution in [0.5, 0.6) is 0 Å². The minimum Gasteiger partial charge on any atom is -0.598 e. The molecular formula is C14H18F3NOS. The fraction of sp³-hybridized carbons (Fsp3) is 0.429. The van der Waals surface area contributed by atoms with E-state index in [1.807, 2.05) is 0 Å². The summed E-state index contributed by atoms with van der Waals surface area (Å²) in [6.45, 7) is 8.93. The fourth-order valence-electron chi connectivity index (χ4n) is 1.45. The quantitative estimate of drug-likeness (QED) is 0.674. The van der Waals surface area contributed by atoms with Gasteiger partial charge >= 0.3 is 6.18 Å². The van der Waals surface area contributed by atoms with E-state index in [9.17, 15) is 17.7 Å². The molecule has 0 heterocycles. The second-order valence-electron chi connectivity index (χ2n) is 5.34. The molecule has 6 heteroatoms. The third-order valence-electron chi connectivity index (χ3n) is 2.60. The van der Waals surface area contributed by atoms with E-state index >= 15 is 0 Å². The van der Waals surface area contributed by atoms with Crippen LogP contribution in [-0.4, -0.2) is 9.30 Å². The topological polar surface area (TPSA) is 35.1 Å². The van der Waals surface area contributed by atoms with Crippen molar-refractivity contribution in [3.8, 4) is 0 Å². The van der Waals surface area contributed by atoms with Crippen LogP contribution < -0.4 is 4.72 Å². The van der Waals surface area contributed by atoms with Gasteiger partial charge in [0.1, 0.15) is 4.75 Å². The summed E-state index contributed by atoms with van der Waals surface area (Å²) in [5.74, 6) is 0. The van der Waals surface area contributed by atoms with E-state index in [0.717, 1.165) is 12.1 Å². The molecule has 0 unspecified atom stereocenters. The van der Waals surface area contributed by atoms with E-state index in [1.54, 1.807) is 26.8 Å². The Kier molecular flexibility index (Phi) is 5.29. The zero-order chi connectivity index (χ0) is 15.6. The number of nitrogens with one attached hydrogen (secondary N) is 1. The average Bonchev–Trinajstić information content (AvgIpc) is 2.33. The smallest absolute Gasteiger partial charge is 0.416 e. The first kappa shape index (κ1) is 17.1. The Hall–Kier alpha value is -0.980. The standard InChI is InChI=1S/C14H18F3NOS/c1-5-12(18-20(19)13(2,3)4)10-7-6-8-11(9-10)14(15,16)17/h5-9,12,18H,1H2,2-4H3/t12-,20+/m1/s1. The lowest BCUT2D eigenvalue weighted by molar-refractivity contribution is -0.137. The Morgan fingerprint density at radius 3 is 2.35 bits per heavy atom. The van der Waals surface area contributed by atoms with Gasteiger partial charge in [0.2, 0.25) is 0 Å². The molecule has 0 spiro atoms. The summed E-state index contributed by atoms with van der Waals surface area (Å²) >= 11 is -1.40. The van der Waals surface area contributed by atoms with Crippen molar-refractivity contribution in [2.24, 2.45) is 0 Å². The number of benzene rings is 1. The lowest BCUT2D eigenvalue weighted by Crippen LogP contribution is -2.40. The molecule has 20 heavy (non-hydrogen) atoms. The predicted octanol–water partition coefficient (Wildman–Crippen LogP) is 3.98. The highest BCUT2D eigenvalue weighted by molar-refractivity contribution is 7.90. The Morgan fingerprint density at radius 2 is 1.90 bits per heavy atom. The fourth-order valence-corrected chi connectivity index (χ4v) is 2.27. The molecule has 0 radical (unpaired) electrons. The van der Waals surface area contributed by atoms with Crippen LogP contribution in [0.25, 0.3) is 0 Å². The Balaban J connectivity index is 2.99. The molecule has 0 aliphatic carbocycles. The van der Waals surface area contributed by atoms with Crippen LogP contribution in [0.15, 0.2) is 36.9 Å². The van der Waals surface area contributed by atoms with Crippen molar-refractivity contribution >= 4 is 11.4 Å². The molecule has 0 amide bonds. The summed E-state index contributed by atoms with van der Waals surface area (Å²) in [7, 11) is 0.